The molecule has 19 heavy (non-hydrogen) atoms. The van der Waals surface area contributed by atoms with E-state index in [-0.39, 0.29) is 0 Å². The summed E-state index contributed by atoms with van der Waals surface area (Å²) < 4.78 is 0. The number of nitrogens with one attached hydrogen (secondary N) is 1. The molecule has 0 bridgehead atoms. The predicted octanol–water partition coefficient (Wildman–Crippen LogP) is 3.61. The Morgan fingerprint density at radius 3 is 2.16 bits per heavy atom. The molecule has 2 aliphatic rings. The van der Waals surface area contributed by atoms with Crippen LogP contribution in [0.3, 0.4) is 0 Å². The first-order valence-corrected chi connectivity index (χ1v) is 7.84. The van der Waals surface area contributed by atoms with Gasteiger partial charge in [0.15, 0.2) is 0 Å². The Morgan fingerprint density at radius 2 is 1.63 bits per heavy atom. The van der Waals surface area contributed by atoms with Crippen LogP contribution in [0, 0.1) is 11.8 Å². The van der Waals surface area contributed by atoms with Crippen molar-refractivity contribution in [3.8, 4) is 0 Å². The molecule has 0 radical (unpaired) electrons. The predicted molar refractivity (Wildman–Crippen MR) is 81.4 cm³/mol. The molecular weight excluding hydrogens is 232 g/mol. The van der Waals surface area contributed by atoms with Crippen LogP contribution in [0.4, 0.5) is 5.69 Å². The van der Waals surface area contributed by atoms with Crippen molar-refractivity contribution in [3.05, 3.63) is 30.3 Å². The van der Waals surface area contributed by atoms with Gasteiger partial charge in [0.05, 0.1) is 0 Å². The van der Waals surface area contributed by atoms with Crippen molar-refractivity contribution >= 4 is 5.69 Å². The third-order valence-corrected chi connectivity index (χ3v) is 4.38. The lowest BCUT2D eigenvalue weighted by atomic mass is 10.2. The average molecular weight is 258 g/mol. The van der Waals surface area contributed by atoms with E-state index in [2.05, 4.69) is 47.5 Å². The average Bonchev–Trinajstić information content (AvgIpc) is 3.31. The van der Waals surface area contributed by atoms with E-state index in [1.807, 2.05) is 0 Å². The van der Waals surface area contributed by atoms with Gasteiger partial charge < -0.3 is 5.32 Å². The highest BCUT2D eigenvalue weighted by Gasteiger charge is 2.31. The Hall–Kier alpha value is -1.02. The second kappa shape index (κ2) is 5.96. The number of benzene rings is 1. The van der Waals surface area contributed by atoms with Crippen LogP contribution in [-0.4, -0.2) is 30.6 Å². The third-order valence-electron chi connectivity index (χ3n) is 4.38. The van der Waals surface area contributed by atoms with Crippen molar-refractivity contribution in [1.29, 1.82) is 0 Å². The minimum absolute atomic E-state index is 0.640. The van der Waals surface area contributed by atoms with Gasteiger partial charge >= 0.3 is 0 Å². The van der Waals surface area contributed by atoms with Gasteiger partial charge in [-0.15, -0.1) is 0 Å². The summed E-state index contributed by atoms with van der Waals surface area (Å²) in [5.41, 5.74) is 1.24. The standard InChI is InChI=1S/C17H26N2/c1-14(11-18-17-5-3-2-4-6-17)19(12-15-7-8-15)13-16-9-10-16/h2-6,14-16,18H,7-13H2,1H3. The molecule has 3 rings (SSSR count). The van der Waals surface area contributed by atoms with Gasteiger partial charge in [-0.1, -0.05) is 18.2 Å². The van der Waals surface area contributed by atoms with Crippen LogP contribution >= 0.6 is 0 Å². The number of hydrogen-bond donors (Lipinski definition) is 1. The highest BCUT2D eigenvalue weighted by molar-refractivity contribution is 5.42. The molecule has 1 aromatic rings. The van der Waals surface area contributed by atoms with Crippen molar-refractivity contribution in [1.82, 2.24) is 4.90 Å². The highest BCUT2D eigenvalue weighted by atomic mass is 15.2. The molecule has 0 amide bonds. The smallest absolute Gasteiger partial charge is 0.0340 e. The lowest BCUT2D eigenvalue weighted by molar-refractivity contribution is 0.199. The van der Waals surface area contributed by atoms with E-state index in [1.54, 1.807) is 0 Å². The zero-order valence-electron chi connectivity index (χ0n) is 12.0. The monoisotopic (exact) mass is 258 g/mol. The molecule has 0 aliphatic heterocycles. The third kappa shape index (κ3) is 4.24. The summed E-state index contributed by atoms with van der Waals surface area (Å²) in [6.45, 7) is 6.09. The van der Waals surface area contributed by atoms with Crippen molar-refractivity contribution in [2.45, 2.75) is 38.6 Å². The maximum atomic E-state index is 3.57. The van der Waals surface area contributed by atoms with Crippen molar-refractivity contribution in [3.63, 3.8) is 0 Å². The quantitative estimate of drug-likeness (QED) is 0.766. The Kier molecular flexibility index (Phi) is 4.07. The molecule has 2 heteroatoms. The molecule has 2 fully saturated rings. The Labute approximate surface area is 117 Å². The first-order valence-electron chi connectivity index (χ1n) is 7.84. The zero-order valence-corrected chi connectivity index (χ0v) is 12.0. The molecule has 1 N–H and O–H groups in total. The Morgan fingerprint density at radius 1 is 1.05 bits per heavy atom. The van der Waals surface area contributed by atoms with Gasteiger partial charge in [-0.05, 0) is 56.6 Å². The van der Waals surface area contributed by atoms with Gasteiger partial charge in [-0.2, -0.15) is 0 Å². The Balaban J connectivity index is 1.48. The summed E-state index contributed by atoms with van der Waals surface area (Å²) in [5, 5.41) is 3.57. The summed E-state index contributed by atoms with van der Waals surface area (Å²) in [5.74, 6) is 2.00. The number of rotatable bonds is 8. The fraction of sp³-hybridized carbons (Fsp3) is 0.647. The molecule has 2 aliphatic carbocycles. The van der Waals surface area contributed by atoms with E-state index >= 15 is 0 Å². The number of nitrogens with zero attached hydrogens (tertiary/aromatic N) is 1. The van der Waals surface area contributed by atoms with Crippen LogP contribution in [0.25, 0.3) is 0 Å². The van der Waals surface area contributed by atoms with Gasteiger partial charge in [0, 0.05) is 31.4 Å². The van der Waals surface area contributed by atoms with E-state index in [9.17, 15) is 0 Å². The maximum absolute atomic E-state index is 3.57. The summed E-state index contributed by atoms with van der Waals surface area (Å²) in [4.78, 5) is 2.73. The lowest BCUT2D eigenvalue weighted by Crippen LogP contribution is -2.40. The second-order valence-electron chi connectivity index (χ2n) is 6.44. The largest absolute Gasteiger partial charge is 0.383 e. The molecule has 2 saturated carbocycles. The number of hydrogen-bond acceptors (Lipinski definition) is 2. The van der Waals surface area contributed by atoms with Gasteiger partial charge in [0.2, 0.25) is 0 Å². The van der Waals surface area contributed by atoms with E-state index in [4.69, 9.17) is 0 Å². The summed E-state index contributed by atoms with van der Waals surface area (Å²) >= 11 is 0. The van der Waals surface area contributed by atoms with Crippen LogP contribution in [0.2, 0.25) is 0 Å². The molecule has 1 unspecified atom stereocenters. The summed E-state index contributed by atoms with van der Waals surface area (Å²) in [7, 11) is 0. The molecule has 0 saturated heterocycles. The van der Waals surface area contributed by atoms with Crippen molar-refractivity contribution in [2.75, 3.05) is 25.0 Å². The molecule has 1 aromatic carbocycles. The molecule has 0 spiro atoms. The number of para-hydroxylation sites is 1. The van der Waals surface area contributed by atoms with Gasteiger partial charge in [-0.25, -0.2) is 0 Å². The maximum Gasteiger partial charge on any atom is 0.0340 e. The van der Waals surface area contributed by atoms with Crippen molar-refractivity contribution in [2.24, 2.45) is 11.8 Å². The van der Waals surface area contributed by atoms with Crippen LogP contribution in [0.15, 0.2) is 30.3 Å². The SMILES string of the molecule is CC(CNc1ccccc1)N(CC1CC1)CC1CC1. The van der Waals surface area contributed by atoms with Crippen LogP contribution in [-0.2, 0) is 0 Å². The second-order valence-corrected chi connectivity index (χ2v) is 6.44. The molecule has 2 nitrogen and oxygen atoms in total. The topological polar surface area (TPSA) is 15.3 Å². The van der Waals surface area contributed by atoms with Gasteiger partial charge in [0.1, 0.15) is 0 Å². The van der Waals surface area contributed by atoms with Crippen LogP contribution in [0.1, 0.15) is 32.6 Å². The normalized spacial score (nSPS) is 20.5. The van der Waals surface area contributed by atoms with Crippen LogP contribution in [0.5, 0.6) is 0 Å². The number of anilines is 1. The van der Waals surface area contributed by atoms with Gasteiger partial charge in [-0.3, -0.25) is 4.90 Å². The fourth-order valence-corrected chi connectivity index (χ4v) is 2.65. The first kappa shape index (κ1) is 13.0. The molecular formula is C17H26N2. The van der Waals surface area contributed by atoms with E-state index in [0.717, 1.165) is 18.4 Å². The van der Waals surface area contributed by atoms with Gasteiger partial charge in [0.25, 0.3) is 0 Å². The van der Waals surface area contributed by atoms with E-state index < -0.39 is 0 Å². The summed E-state index contributed by atoms with van der Waals surface area (Å²) in [6, 6.07) is 11.2. The zero-order chi connectivity index (χ0) is 13.1. The van der Waals surface area contributed by atoms with Crippen molar-refractivity contribution < 1.29 is 0 Å². The molecule has 0 aromatic heterocycles. The Bertz CT molecular complexity index is 368. The van der Waals surface area contributed by atoms with Crippen LogP contribution < -0.4 is 5.32 Å². The molecule has 104 valence electrons. The minimum atomic E-state index is 0.640. The van der Waals surface area contributed by atoms with E-state index in [0.29, 0.717) is 6.04 Å². The first-order chi connectivity index (χ1) is 9.31. The molecule has 1 atom stereocenters. The van der Waals surface area contributed by atoms with E-state index in [1.165, 1.54) is 44.5 Å². The summed E-state index contributed by atoms with van der Waals surface area (Å²) in [6.07, 6.45) is 5.83. The fourth-order valence-electron chi connectivity index (χ4n) is 2.65. The lowest BCUT2D eigenvalue weighted by Gasteiger charge is -2.29. The highest BCUT2D eigenvalue weighted by Crippen LogP contribution is 2.34. The minimum Gasteiger partial charge on any atom is -0.383 e. The molecule has 0 heterocycles.